The van der Waals surface area contributed by atoms with Crippen molar-refractivity contribution in [3.05, 3.63) is 47.5 Å². The predicted octanol–water partition coefficient (Wildman–Crippen LogP) is 2.74. The molecule has 1 aliphatic rings. The SMILES string of the molecule is O[C@H]1c2ccc(Cl)cc2S[C@H]1Cn1ccnc1. The Morgan fingerprint density at radius 2 is 2.35 bits per heavy atom. The van der Waals surface area contributed by atoms with Crippen LogP contribution < -0.4 is 0 Å². The lowest BCUT2D eigenvalue weighted by Gasteiger charge is -2.14. The van der Waals surface area contributed by atoms with Crippen LogP contribution in [0.3, 0.4) is 0 Å². The van der Waals surface area contributed by atoms with E-state index in [4.69, 9.17) is 11.6 Å². The number of halogens is 1. The number of benzene rings is 1. The zero-order valence-corrected chi connectivity index (χ0v) is 10.5. The normalized spacial score (nSPS) is 22.7. The number of thioether (sulfide) groups is 1. The van der Waals surface area contributed by atoms with Gasteiger partial charge in [0.05, 0.1) is 17.7 Å². The van der Waals surface area contributed by atoms with Crippen molar-refractivity contribution in [2.24, 2.45) is 0 Å². The molecule has 2 heterocycles. The van der Waals surface area contributed by atoms with Crippen molar-refractivity contribution < 1.29 is 5.11 Å². The molecule has 0 spiro atoms. The highest BCUT2D eigenvalue weighted by atomic mass is 35.5. The van der Waals surface area contributed by atoms with Crippen LogP contribution in [0.4, 0.5) is 0 Å². The summed E-state index contributed by atoms with van der Waals surface area (Å²) in [5.41, 5.74) is 0.976. The summed E-state index contributed by atoms with van der Waals surface area (Å²) in [6.45, 7) is 0.748. The Bertz CT molecular complexity index is 529. The van der Waals surface area contributed by atoms with Gasteiger partial charge in [0.15, 0.2) is 0 Å². The monoisotopic (exact) mass is 266 g/mol. The molecule has 0 radical (unpaired) electrons. The number of hydrogen-bond acceptors (Lipinski definition) is 3. The molecule has 0 amide bonds. The average Bonchev–Trinajstić information content (AvgIpc) is 2.89. The molecule has 5 heteroatoms. The van der Waals surface area contributed by atoms with Gasteiger partial charge in [-0.25, -0.2) is 4.98 Å². The maximum Gasteiger partial charge on any atom is 0.0946 e. The Morgan fingerprint density at radius 1 is 1.47 bits per heavy atom. The lowest BCUT2D eigenvalue weighted by atomic mass is 10.1. The Hall–Kier alpha value is -0.970. The number of aliphatic hydroxyl groups excluding tert-OH is 1. The first-order valence-electron chi connectivity index (χ1n) is 5.34. The fourth-order valence-electron chi connectivity index (χ4n) is 2.02. The number of rotatable bonds is 2. The van der Waals surface area contributed by atoms with Crippen LogP contribution in [0.1, 0.15) is 11.7 Å². The lowest BCUT2D eigenvalue weighted by molar-refractivity contribution is 0.170. The Balaban J connectivity index is 1.83. The fraction of sp³-hybridized carbons (Fsp3) is 0.250. The van der Waals surface area contributed by atoms with Gasteiger partial charge < -0.3 is 9.67 Å². The molecule has 2 atom stereocenters. The summed E-state index contributed by atoms with van der Waals surface area (Å²) in [6.07, 6.45) is 4.98. The number of aliphatic hydroxyl groups is 1. The highest BCUT2D eigenvalue weighted by Crippen LogP contribution is 2.45. The van der Waals surface area contributed by atoms with Crippen LogP contribution in [-0.2, 0) is 6.54 Å². The quantitative estimate of drug-likeness (QED) is 0.908. The van der Waals surface area contributed by atoms with Crippen LogP contribution >= 0.6 is 23.4 Å². The molecule has 17 heavy (non-hydrogen) atoms. The fourth-order valence-corrected chi connectivity index (χ4v) is 3.63. The van der Waals surface area contributed by atoms with Crippen molar-refractivity contribution in [1.29, 1.82) is 0 Å². The minimum Gasteiger partial charge on any atom is -0.387 e. The van der Waals surface area contributed by atoms with Crippen molar-refractivity contribution in [3.63, 3.8) is 0 Å². The molecule has 88 valence electrons. The lowest BCUT2D eigenvalue weighted by Crippen LogP contribution is -2.16. The van der Waals surface area contributed by atoms with E-state index in [1.165, 1.54) is 0 Å². The summed E-state index contributed by atoms with van der Waals surface area (Å²) in [5.74, 6) is 0. The molecule has 0 aliphatic carbocycles. The van der Waals surface area contributed by atoms with E-state index in [1.54, 1.807) is 24.3 Å². The first-order chi connectivity index (χ1) is 8.24. The van der Waals surface area contributed by atoms with Crippen LogP contribution in [0.5, 0.6) is 0 Å². The van der Waals surface area contributed by atoms with Crippen LogP contribution in [0.15, 0.2) is 41.8 Å². The van der Waals surface area contributed by atoms with Crippen molar-refractivity contribution in [2.45, 2.75) is 22.8 Å². The molecule has 1 N–H and O–H groups in total. The van der Waals surface area contributed by atoms with Crippen LogP contribution in [0.2, 0.25) is 5.02 Å². The molecule has 3 nitrogen and oxygen atoms in total. The second-order valence-electron chi connectivity index (χ2n) is 4.04. The van der Waals surface area contributed by atoms with Gasteiger partial charge in [-0.1, -0.05) is 17.7 Å². The van der Waals surface area contributed by atoms with E-state index in [-0.39, 0.29) is 5.25 Å². The van der Waals surface area contributed by atoms with Gasteiger partial charge in [0.25, 0.3) is 0 Å². The Labute approximate surface area is 108 Å². The van der Waals surface area contributed by atoms with E-state index >= 15 is 0 Å². The van der Waals surface area contributed by atoms with E-state index in [1.807, 2.05) is 29.0 Å². The molecule has 0 saturated carbocycles. The summed E-state index contributed by atoms with van der Waals surface area (Å²) in [6, 6.07) is 5.64. The Morgan fingerprint density at radius 3 is 3.12 bits per heavy atom. The highest BCUT2D eigenvalue weighted by Gasteiger charge is 2.31. The van der Waals surface area contributed by atoms with Gasteiger partial charge in [-0.3, -0.25) is 0 Å². The first-order valence-corrected chi connectivity index (χ1v) is 6.60. The highest BCUT2D eigenvalue weighted by molar-refractivity contribution is 8.00. The number of hydrogen-bond donors (Lipinski definition) is 1. The molecule has 0 fully saturated rings. The molecule has 1 aromatic heterocycles. The molecule has 0 saturated heterocycles. The molecular formula is C12H11ClN2OS. The largest absolute Gasteiger partial charge is 0.387 e. The number of aromatic nitrogens is 2. The topological polar surface area (TPSA) is 38.0 Å². The van der Waals surface area contributed by atoms with Gasteiger partial charge in [-0.2, -0.15) is 0 Å². The molecule has 0 unspecified atom stereocenters. The van der Waals surface area contributed by atoms with Gasteiger partial charge in [-0.15, -0.1) is 11.8 Å². The summed E-state index contributed by atoms with van der Waals surface area (Å²) < 4.78 is 1.98. The van der Waals surface area contributed by atoms with Crippen LogP contribution in [-0.4, -0.2) is 19.9 Å². The van der Waals surface area contributed by atoms with Gasteiger partial charge in [0, 0.05) is 28.9 Å². The van der Waals surface area contributed by atoms with Gasteiger partial charge in [0.1, 0.15) is 0 Å². The standard InChI is InChI=1S/C12H11ClN2OS/c13-8-1-2-9-10(5-8)17-11(12(9)16)6-15-4-3-14-7-15/h1-5,7,11-12,16H,6H2/t11-,12-/m0/s1. The molecular weight excluding hydrogens is 256 g/mol. The third kappa shape index (κ3) is 2.08. The summed E-state index contributed by atoms with van der Waals surface area (Å²) in [5, 5.41) is 11.1. The number of fused-ring (bicyclic) bond motifs is 1. The van der Waals surface area contributed by atoms with E-state index < -0.39 is 6.10 Å². The number of nitrogens with zero attached hydrogens (tertiary/aromatic N) is 2. The van der Waals surface area contributed by atoms with E-state index in [0.29, 0.717) is 5.02 Å². The predicted molar refractivity (Wildman–Crippen MR) is 68.3 cm³/mol. The first kappa shape index (κ1) is 11.1. The summed E-state index contributed by atoms with van der Waals surface area (Å²) in [7, 11) is 0. The third-order valence-electron chi connectivity index (χ3n) is 2.87. The van der Waals surface area contributed by atoms with Crippen LogP contribution in [0, 0.1) is 0 Å². The smallest absolute Gasteiger partial charge is 0.0946 e. The second kappa shape index (κ2) is 4.37. The minimum absolute atomic E-state index is 0.123. The molecule has 2 aromatic rings. The average molecular weight is 267 g/mol. The van der Waals surface area contributed by atoms with E-state index in [0.717, 1.165) is 17.0 Å². The van der Waals surface area contributed by atoms with Gasteiger partial charge in [-0.05, 0) is 17.7 Å². The summed E-state index contributed by atoms with van der Waals surface area (Å²) >= 11 is 7.62. The maximum absolute atomic E-state index is 10.2. The molecule has 3 rings (SSSR count). The third-order valence-corrected chi connectivity index (χ3v) is 4.43. The Kier molecular flexibility index (Phi) is 2.86. The van der Waals surface area contributed by atoms with Gasteiger partial charge in [0.2, 0.25) is 0 Å². The summed E-state index contributed by atoms with van der Waals surface area (Å²) in [4.78, 5) is 5.08. The van der Waals surface area contributed by atoms with Crippen LogP contribution in [0.25, 0.3) is 0 Å². The van der Waals surface area contributed by atoms with Crippen molar-refractivity contribution in [1.82, 2.24) is 9.55 Å². The van der Waals surface area contributed by atoms with Crippen molar-refractivity contribution in [2.75, 3.05) is 0 Å². The van der Waals surface area contributed by atoms with Crippen molar-refractivity contribution in [3.8, 4) is 0 Å². The van der Waals surface area contributed by atoms with E-state index in [2.05, 4.69) is 4.98 Å². The minimum atomic E-state index is -0.435. The van der Waals surface area contributed by atoms with E-state index in [9.17, 15) is 5.11 Å². The van der Waals surface area contributed by atoms with Gasteiger partial charge >= 0.3 is 0 Å². The molecule has 0 bridgehead atoms. The molecule has 1 aromatic carbocycles. The second-order valence-corrected chi connectivity index (χ2v) is 5.76. The molecule has 1 aliphatic heterocycles. The maximum atomic E-state index is 10.2. The zero-order valence-electron chi connectivity index (χ0n) is 8.95. The zero-order chi connectivity index (χ0) is 11.8. The van der Waals surface area contributed by atoms with Crippen molar-refractivity contribution >= 4 is 23.4 Å². The number of imidazole rings is 1.